The zero-order valence-electron chi connectivity index (χ0n) is 19.3. The number of hydrogen-bond donors (Lipinski definition) is 1. The van der Waals surface area contributed by atoms with Crippen molar-refractivity contribution in [3.8, 4) is 0 Å². The lowest BCUT2D eigenvalue weighted by molar-refractivity contribution is -0.384. The Bertz CT molecular complexity index is 1410. The highest BCUT2D eigenvalue weighted by Crippen LogP contribution is 2.40. The highest BCUT2D eigenvalue weighted by atomic mass is 32.2. The molecule has 0 saturated carbocycles. The van der Waals surface area contributed by atoms with Crippen molar-refractivity contribution in [1.82, 2.24) is 5.32 Å². The molecule has 4 aromatic rings. The average Bonchev–Trinajstić information content (AvgIpc) is 3.55. The summed E-state index contributed by atoms with van der Waals surface area (Å²) >= 11 is 3.04. The van der Waals surface area contributed by atoms with Crippen LogP contribution in [0.25, 0.3) is 0 Å². The fourth-order valence-electron chi connectivity index (χ4n) is 4.13. The van der Waals surface area contributed by atoms with Gasteiger partial charge in [-0.15, -0.1) is 11.3 Å². The van der Waals surface area contributed by atoms with Gasteiger partial charge in [0.2, 0.25) is 0 Å². The van der Waals surface area contributed by atoms with E-state index in [1.54, 1.807) is 24.6 Å². The Morgan fingerprint density at radius 3 is 2.75 bits per heavy atom. The summed E-state index contributed by atoms with van der Waals surface area (Å²) in [5, 5.41) is 15.0. The molecule has 2 aromatic heterocycles. The van der Waals surface area contributed by atoms with Gasteiger partial charge >= 0.3 is 0 Å². The Morgan fingerprint density at radius 2 is 1.97 bits per heavy atom. The van der Waals surface area contributed by atoms with Crippen molar-refractivity contribution in [1.29, 1.82) is 0 Å². The first kappa shape index (κ1) is 24.0. The molecule has 0 fully saturated rings. The molecule has 0 bridgehead atoms. The van der Waals surface area contributed by atoms with Gasteiger partial charge in [-0.05, 0) is 61.6 Å². The molecule has 1 amide bonds. The fourth-order valence-corrected chi connectivity index (χ4v) is 6.28. The summed E-state index contributed by atoms with van der Waals surface area (Å²) in [5.41, 5.74) is 2.29. The Balaban J connectivity index is 1.48. The molecule has 182 valence electrons. The van der Waals surface area contributed by atoms with Crippen molar-refractivity contribution in [3.63, 3.8) is 0 Å². The summed E-state index contributed by atoms with van der Waals surface area (Å²) in [4.78, 5) is 32.1. The Kier molecular flexibility index (Phi) is 7.29. The number of nitrogens with one attached hydrogen (secondary N) is 1. The standard InChI is InChI=1S/C27H23N3O4S2/c31-26(28-17-20-7-6-14-34-20)25-22-10-4-5-11-24(22)36-27(25)29-16-18-15-19(30(32)33)12-13-23(18)35-21-8-2-1-3-9-21/h1-3,6-9,12-16H,4-5,10-11,17H2,(H,28,31). The molecule has 2 aromatic carbocycles. The number of carbonyl (C=O) groups excluding carboxylic acids is 1. The number of non-ortho nitro benzene ring substituents is 1. The molecule has 7 nitrogen and oxygen atoms in total. The SMILES string of the molecule is O=C(NCc1ccco1)c1c(N=Cc2cc([N+](=O)[O-])ccc2Sc2ccccc2)sc2c1CCCC2. The van der Waals surface area contributed by atoms with E-state index >= 15 is 0 Å². The fraction of sp³-hybridized carbons (Fsp3) is 0.185. The van der Waals surface area contributed by atoms with Crippen LogP contribution in [0.15, 0.2) is 86.1 Å². The van der Waals surface area contributed by atoms with Gasteiger partial charge < -0.3 is 9.73 Å². The third-order valence-electron chi connectivity index (χ3n) is 5.88. The van der Waals surface area contributed by atoms with Gasteiger partial charge in [0, 0.05) is 38.6 Å². The van der Waals surface area contributed by atoms with Gasteiger partial charge in [0.15, 0.2) is 0 Å². The lowest BCUT2D eigenvalue weighted by Crippen LogP contribution is -2.23. The van der Waals surface area contributed by atoms with E-state index in [2.05, 4.69) is 5.32 Å². The van der Waals surface area contributed by atoms with Gasteiger partial charge in [-0.25, -0.2) is 4.99 Å². The van der Waals surface area contributed by atoms with Gasteiger partial charge in [0.05, 0.1) is 23.3 Å². The number of fused-ring (bicyclic) bond motifs is 1. The summed E-state index contributed by atoms with van der Waals surface area (Å²) in [7, 11) is 0. The number of nitrogens with zero attached hydrogens (tertiary/aromatic N) is 2. The van der Waals surface area contributed by atoms with Crippen molar-refractivity contribution < 1.29 is 14.1 Å². The third kappa shape index (κ3) is 5.42. The molecule has 1 aliphatic rings. The highest BCUT2D eigenvalue weighted by Gasteiger charge is 2.25. The lowest BCUT2D eigenvalue weighted by Gasteiger charge is -2.12. The van der Waals surface area contributed by atoms with Crippen LogP contribution in [0.2, 0.25) is 0 Å². The van der Waals surface area contributed by atoms with E-state index in [-0.39, 0.29) is 11.6 Å². The topological polar surface area (TPSA) is 97.7 Å². The number of aryl methyl sites for hydroxylation is 1. The largest absolute Gasteiger partial charge is 0.467 e. The number of nitro benzene ring substituents is 1. The number of amides is 1. The number of nitro groups is 1. The smallest absolute Gasteiger partial charge is 0.270 e. The molecule has 1 aliphatic carbocycles. The van der Waals surface area contributed by atoms with Crippen LogP contribution in [-0.2, 0) is 19.4 Å². The number of benzene rings is 2. The summed E-state index contributed by atoms with van der Waals surface area (Å²) in [6.45, 7) is 0.294. The maximum Gasteiger partial charge on any atom is 0.270 e. The van der Waals surface area contributed by atoms with Crippen LogP contribution >= 0.6 is 23.1 Å². The van der Waals surface area contributed by atoms with Crippen LogP contribution in [0.4, 0.5) is 10.7 Å². The molecule has 0 atom stereocenters. The van der Waals surface area contributed by atoms with Gasteiger partial charge in [-0.2, -0.15) is 0 Å². The predicted molar refractivity (Wildman–Crippen MR) is 142 cm³/mol. The maximum atomic E-state index is 13.2. The number of furan rings is 1. The number of hydrogen-bond acceptors (Lipinski definition) is 7. The second-order valence-corrected chi connectivity index (χ2v) is 10.5. The number of aliphatic imine (C=N–C) groups is 1. The van der Waals surface area contributed by atoms with Crippen LogP contribution in [-0.4, -0.2) is 17.0 Å². The third-order valence-corrected chi connectivity index (χ3v) is 8.18. The molecule has 0 unspecified atom stereocenters. The molecule has 5 rings (SSSR count). The van der Waals surface area contributed by atoms with E-state index in [0.717, 1.165) is 41.0 Å². The van der Waals surface area contributed by atoms with Crippen molar-refractivity contribution in [2.45, 2.75) is 42.0 Å². The van der Waals surface area contributed by atoms with Gasteiger partial charge in [-0.1, -0.05) is 30.0 Å². The minimum absolute atomic E-state index is 0.00394. The number of carbonyl (C=O) groups is 1. The Morgan fingerprint density at radius 1 is 1.14 bits per heavy atom. The first-order chi connectivity index (χ1) is 17.6. The molecule has 0 spiro atoms. The van der Waals surface area contributed by atoms with Crippen LogP contribution in [0.5, 0.6) is 0 Å². The van der Waals surface area contributed by atoms with E-state index in [4.69, 9.17) is 9.41 Å². The number of thiophene rings is 1. The van der Waals surface area contributed by atoms with Gasteiger partial charge in [0.1, 0.15) is 10.8 Å². The molecule has 9 heteroatoms. The second-order valence-electron chi connectivity index (χ2n) is 8.31. The van der Waals surface area contributed by atoms with Gasteiger partial charge in [-0.3, -0.25) is 14.9 Å². The minimum atomic E-state index is -0.411. The molecule has 2 heterocycles. The van der Waals surface area contributed by atoms with E-state index in [9.17, 15) is 14.9 Å². The van der Waals surface area contributed by atoms with E-state index < -0.39 is 4.92 Å². The summed E-state index contributed by atoms with van der Waals surface area (Å²) in [6.07, 6.45) is 7.12. The molecular formula is C27H23N3O4S2. The normalized spacial score (nSPS) is 13.0. The Hall–Kier alpha value is -3.69. The summed E-state index contributed by atoms with van der Waals surface area (Å²) in [6, 6.07) is 18.2. The lowest BCUT2D eigenvalue weighted by atomic mass is 9.95. The molecular weight excluding hydrogens is 494 g/mol. The first-order valence-corrected chi connectivity index (χ1v) is 13.2. The summed E-state index contributed by atoms with van der Waals surface area (Å²) in [5.74, 6) is 0.493. The molecule has 1 N–H and O–H groups in total. The zero-order valence-corrected chi connectivity index (χ0v) is 20.9. The molecule has 0 saturated heterocycles. The van der Waals surface area contributed by atoms with Gasteiger partial charge in [0.25, 0.3) is 11.6 Å². The second kappa shape index (κ2) is 10.9. The van der Waals surface area contributed by atoms with Crippen LogP contribution < -0.4 is 5.32 Å². The monoisotopic (exact) mass is 517 g/mol. The van der Waals surface area contributed by atoms with E-state index in [0.29, 0.717) is 28.4 Å². The molecule has 36 heavy (non-hydrogen) atoms. The summed E-state index contributed by atoms with van der Waals surface area (Å²) < 4.78 is 5.34. The quantitative estimate of drug-likeness (QED) is 0.155. The van der Waals surface area contributed by atoms with E-state index in [1.807, 2.05) is 36.4 Å². The van der Waals surface area contributed by atoms with Crippen molar-refractivity contribution in [3.05, 3.63) is 104 Å². The van der Waals surface area contributed by atoms with Crippen LogP contribution in [0, 0.1) is 10.1 Å². The minimum Gasteiger partial charge on any atom is -0.467 e. The van der Waals surface area contributed by atoms with Crippen molar-refractivity contribution in [2.75, 3.05) is 0 Å². The number of rotatable bonds is 8. The Labute approximate surface area is 216 Å². The van der Waals surface area contributed by atoms with Crippen LogP contribution in [0.3, 0.4) is 0 Å². The predicted octanol–water partition coefficient (Wildman–Crippen LogP) is 6.96. The highest BCUT2D eigenvalue weighted by molar-refractivity contribution is 7.99. The maximum absolute atomic E-state index is 13.2. The van der Waals surface area contributed by atoms with Crippen molar-refractivity contribution in [2.24, 2.45) is 4.99 Å². The van der Waals surface area contributed by atoms with E-state index in [1.165, 1.54) is 40.1 Å². The first-order valence-electron chi connectivity index (χ1n) is 11.6. The molecule has 0 radical (unpaired) electrons. The zero-order chi connectivity index (χ0) is 24.9. The average molecular weight is 518 g/mol. The molecule has 0 aliphatic heterocycles. The van der Waals surface area contributed by atoms with Crippen LogP contribution in [0.1, 0.15) is 45.0 Å². The van der Waals surface area contributed by atoms with Crippen molar-refractivity contribution >= 4 is 45.9 Å².